The molecule has 0 bridgehead atoms. The standard InChI is InChI=1S/C23H26N8O/c1-3-5-11-20(32)23-25-21(8-4-2)31(28-23)15-17-13-12-16(14-24-17)18-9-6-7-10-19(18)22-26-29-30-27-22/h6-7,9-10,12-14H,3-5,8,11,15H2,1-2H3,(H,26,27,29,30). The number of unbranched alkanes of at least 4 members (excludes halogenated alkanes) is 1. The van der Waals surface area contributed by atoms with Crippen LogP contribution >= 0.6 is 0 Å². The molecule has 0 aliphatic rings. The fourth-order valence-electron chi connectivity index (χ4n) is 3.52. The van der Waals surface area contributed by atoms with E-state index in [9.17, 15) is 4.79 Å². The lowest BCUT2D eigenvalue weighted by Crippen LogP contribution is -2.09. The number of carbonyl (C=O) groups excluding carboxylic acids is 1. The molecule has 3 aromatic heterocycles. The number of aromatic nitrogens is 8. The summed E-state index contributed by atoms with van der Waals surface area (Å²) < 4.78 is 1.80. The van der Waals surface area contributed by atoms with E-state index in [1.807, 2.05) is 42.6 Å². The van der Waals surface area contributed by atoms with Crippen molar-refractivity contribution in [1.29, 1.82) is 0 Å². The Kier molecular flexibility index (Phi) is 6.74. The van der Waals surface area contributed by atoms with Gasteiger partial charge in [0.1, 0.15) is 5.82 Å². The van der Waals surface area contributed by atoms with Crippen molar-refractivity contribution >= 4 is 5.78 Å². The Labute approximate surface area is 186 Å². The van der Waals surface area contributed by atoms with Gasteiger partial charge in [0, 0.05) is 30.2 Å². The molecule has 0 unspecified atom stereocenters. The average molecular weight is 431 g/mol. The fourth-order valence-corrected chi connectivity index (χ4v) is 3.52. The summed E-state index contributed by atoms with van der Waals surface area (Å²) in [4.78, 5) is 21.5. The van der Waals surface area contributed by atoms with E-state index in [0.29, 0.717) is 24.6 Å². The molecular formula is C23H26N8O. The topological polar surface area (TPSA) is 115 Å². The quantitative estimate of drug-likeness (QED) is 0.379. The van der Waals surface area contributed by atoms with E-state index in [4.69, 9.17) is 0 Å². The Morgan fingerprint density at radius 3 is 2.59 bits per heavy atom. The number of H-pyrrole nitrogens is 1. The molecule has 1 N–H and O–H groups in total. The summed E-state index contributed by atoms with van der Waals surface area (Å²) in [5, 5.41) is 18.7. The lowest BCUT2D eigenvalue weighted by molar-refractivity contribution is 0.0969. The minimum atomic E-state index is 0.00442. The molecule has 0 atom stereocenters. The highest BCUT2D eigenvalue weighted by Gasteiger charge is 2.16. The number of pyridine rings is 1. The second kappa shape index (κ2) is 10.0. The largest absolute Gasteiger partial charge is 0.291 e. The van der Waals surface area contributed by atoms with Gasteiger partial charge in [-0.2, -0.15) is 0 Å². The fraction of sp³-hybridized carbons (Fsp3) is 0.348. The highest BCUT2D eigenvalue weighted by atomic mass is 16.1. The van der Waals surface area contributed by atoms with Crippen molar-refractivity contribution in [2.24, 2.45) is 0 Å². The van der Waals surface area contributed by atoms with Crippen molar-refractivity contribution in [3.05, 3.63) is 59.9 Å². The van der Waals surface area contributed by atoms with Crippen LogP contribution in [0.4, 0.5) is 0 Å². The first-order valence-electron chi connectivity index (χ1n) is 10.9. The summed E-state index contributed by atoms with van der Waals surface area (Å²) in [5.41, 5.74) is 3.70. The Hall–Kier alpha value is -3.75. The SMILES string of the molecule is CCCCC(=O)c1nc(CCC)n(Cc2ccc(-c3ccccc3-c3nnn[nH]3)cn2)n1. The number of aryl methyl sites for hydroxylation is 1. The third-order valence-electron chi connectivity index (χ3n) is 5.20. The van der Waals surface area contributed by atoms with Crippen molar-refractivity contribution in [1.82, 2.24) is 40.4 Å². The summed E-state index contributed by atoms with van der Waals surface area (Å²) in [5.74, 6) is 1.75. The number of hydrogen-bond acceptors (Lipinski definition) is 7. The van der Waals surface area contributed by atoms with E-state index in [-0.39, 0.29) is 5.78 Å². The summed E-state index contributed by atoms with van der Waals surface area (Å²) in [6.07, 6.45) is 5.85. The summed E-state index contributed by atoms with van der Waals surface area (Å²) >= 11 is 0. The van der Waals surface area contributed by atoms with Crippen molar-refractivity contribution in [3.63, 3.8) is 0 Å². The summed E-state index contributed by atoms with van der Waals surface area (Å²) in [6.45, 7) is 4.63. The first kappa shape index (κ1) is 21.5. The van der Waals surface area contributed by atoms with Crippen LogP contribution in [0.1, 0.15) is 61.7 Å². The number of aromatic amines is 1. The molecule has 1 aromatic carbocycles. The molecule has 0 aliphatic heterocycles. The van der Waals surface area contributed by atoms with E-state index in [2.05, 4.69) is 49.5 Å². The van der Waals surface area contributed by atoms with E-state index >= 15 is 0 Å². The Morgan fingerprint density at radius 1 is 1.06 bits per heavy atom. The Morgan fingerprint density at radius 2 is 1.91 bits per heavy atom. The molecule has 164 valence electrons. The predicted octanol–water partition coefficient (Wildman–Crippen LogP) is 3.89. The van der Waals surface area contributed by atoms with E-state index in [1.165, 1.54) is 0 Å². The van der Waals surface area contributed by atoms with Gasteiger partial charge >= 0.3 is 0 Å². The van der Waals surface area contributed by atoms with Gasteiger partial charge in [0.2, 0.25) is 11.6 Å². The van der Waals surface area contributed by atoms with Crippen LogP contribution in [0.2, 0.25) is 0 Å². The number of nitrogens with zero attached hydrogens (tertiary/aromatic N) is 7. The molecule has 0 fully saturated rings. The third-order valence-corrected chi connectivity index (χ3v) is 5.20. The molecule has 0 saturated heterocycles. The molecule has 0 amide bonds. The van der Waals surface area contributed by atoms with Gasteiger partial charge in [-0.05, 0) is 34.9 Å². The molecule has 4 rings (SSSR count). The summed E-state index contributed by atoms with van der Waals surface area (Å²) in [7, 11) is 0. The lowest BCUT2D eigenvalue weighted by Gasteiger charge is -2.08. The first-order chi connectivity index (χ1) is 15.7. The van der Waals surface area contributed by atoms with Gasteiger partial charge < -0.3 is 0 Å². The number of carbonyl (C=O) groups is 1. The van der Waals surface area contributed by atoms with Gasteiger partial charge in [-0.15, -0.1) is 10.2 Å². The average Bonchev–Trinajstić information content (AvgIpc) is 3.49. The number of ketones is 1. The Balaban J connectivity index is 1.56. The van der Waals surface area contributed by atoms with Gasteiger partial charge in [-0.25, -0.2) is 14.8 Å². The zero-order valence-electron chi connectivity index (χ0n) is 18.3. The molecule has 4 aromatic rings. The van der Waals surface area contributed by atoms with Crippen LogP contribution in [0.25, 0.3) is 22.5 Å². The normalized spacial score (nSPS) is 11.1. The smallest absolute Gasteiger partial charge is 0.217 e. The lowest BCUT2D eigenvalue weighted by atomic mass is 10.0. The van der Waals surface area contributed by atoms with Crippen LogP contribution < -0.4 is 0 Å². The second-order valence-corrected chi connectivity index (χ2v) is 7.62. The molecule has 9 heteroatoms. The number of hydrogen-bond donors (Lipinski definition) is 1. The highest BCUT2D eigenvalue weighted by Crippen LogP contribution is 2.29. The Bertz CT molecular complexity index is 1170. The number of Topliss-reactive ketones (excluding diaryl/α,β-unsaturated/α-hetero) is 1. The van der Waals surface area contributed by atoms with Crippen molar-refractivity contribution in [2.45, 2.75) is 52.5 Å². The first-order valence-corrected chi connectivity index (χ1v) is 10.9. The zero-order chi connectivity index (χ0) is 22.3. The minimum absolute atomic E-state index is 0.00442. The number of rotatable bonds is 10. The number of tetrazole rings is 1. The highest BCUT2D eigenvalue weighted by molar-refractivity contribution is 5.92. The molecule has 0 radical (unpaired) electrons. The van der Waals surface area contributed by atoms with E-state index in [0.717, 1.165) is 53.9 Å². The molecule has 0 saturated carbocycles. The van der Waals surface area contributed by atoms with Crippen molar-refractivity contribution in [2.75, 3.05) is 0 Å². The van der Waals surface area contributed by atoms with Crippen LogP contribution in [0, 0.1) is 0 Å². The van der Waals surface area contributed by atoms with Gasteiger partial charge in [0.05, 0.1) is 12.2 Å². The van der Waals surface area contributed by atoms with Gasteiger partial charge in [0.15, 0.2) is 5.82 Å². The molecule has 3 heterocycles. The van der Waals surface area contributed by atoms with Gasteiger partial charge in [0.25, 0.3) is 0 Å². The van der Waals surface area contributed by atoms with Gasteiger partial charge in [-0.3, -0.25) is 9.78 Å². The van der Waals surface area contributed by atoms with Gasteiger partial charge in [-0.1, -0.05) is 50.6 Å². The minimum Gasteiger partial charge on any atom is -0.291 e. The summed E-state index contributed by atoms with van der Waals surface area (Å²) in [6, 6.07) is 11.9. The van der Waals surface area contributed by atoms with Crippen LogP contribution in [0.15, 0.2) is 42.6 Å². The van der Waals surface area contributed by atoms with Crippen molar-refractivity contribution < 1.29 is 4.79 Å². The monoisotopic (exact) mass is 430 g/mol. The third kappa shape index (κ3) is 4.77. The molecule has 32 heavy (non-hydrogen) atoms. The number of benzene rings is 1. The van der Waals surface area contributed by atoms with Crippen LogP contribution in [0.3, 0.4) is 0 Å². The van der Waals surface area contributed by atoms with Crippen LogP contribution in [-0.2, 0) is 13.0 Å². The van der Waals surface area contributed by atoms with Crippen LogP contribution in [0.5, 0.6) is 0 Å². The zero-order valence-corrected chi connectivity index (χ0v) is 18.3. The maximum absolute atomic E-state index is 12.4. The molecule has 0 aliphatic carbocycles. The maximum atomic E-state index is 12.4. The molecule has 0 spiro atoms. The van der Waals surface area contributed by atoms with E-state index in [1.54, 1.807) is 4.68 Å². The van der Waals surface area contributed by atoms with Crippen molar-refractivity contribution in [3.8, 4) is 22.5 Å². The maximum Gasteiger partial charge on any atom is 0.217 e. The molecular weight excluding hydrogens is 404 g/mol. The van der Waals surface area contributed by atoms with E-state index < -0.39 is 0 Å². The van der Waals surface area contributed by atoms with Crippen LogP contribution in [-0.4, -0.2) is 46.2 Å². The second-order valence-electron chi connectivity index (χ2n) is 7.62. The molecule has 9 nitrogen and oxygen atoms in total. The number of nitrogens with one attached hydrogen (secondary N) is 1. The predicted molar refractivity (Wildman–Crippen MR) is 120 cm³/mol.